The topological polar surface area (TPSA) is 87.7 Å². The number of carbonyl (C=O) groups excluding carboxylic acids is 1. The zero-order valence-electron chi connectivity index (χ0n) is 11.7. The van der Waals surface area contributed by atoms with Gasteiger partial charge in [-0.25, -0.2) is 0 Å². The number of hydrogen-bond donors (Lipinski definition) is 3. The largest absolute Gasteiger partial charge is 0.409 e. The van der Waals surface area contributed by atoms with Crippen LogP contribution in [0.5, 0.6) is 0 Å². The van der Waals surface area contributed by atoms with E-state index in [9.17, 15) is 4.79 Å². The molecular weight excluding hydrogens is 254 g/mol. The summed E-state index contributed by atoms with van der Waals surface area (Å²) in [7, 11) is 0. The normalized spacial score (nSPS) is 18.6. The molecule has 0 heterocycles. The number of carbonyl (C=O) groups is 1. The number of hydrogen-bond acceptors (Lipinski definition) is 3. The molecule has 108 valence electrons. The number of oxime groups is 1. The molecule has 0 spiro atoms. The third-order valence-electron chi connectivity index (χ3n) is 4.02. The van der Waals surface area contributed by atoms with Gasteiger partial charge in [0.2, 0.25) is 5.91 Å². The van der Waals surface area contributed by atoms with Gasteiger partial charge in [0.05, 0.1) is 0 Å². The minimum atomic E-state index is -0.878. The van der Waals surface area contributed by atoms with E-state index in [0.717, 1.165) is 30.5 Å². The van der Waals surface area contributed by atoms with E-state index in [0.29, 0.717) is 12.8 Å². The molecule has 0 unspecified atom stereocenters. The third kappa shape index (κ3) is 2.76. The van der Waals surface area contributed by atoms with Gasteiger partial charge in [0.25, 0.3) is 0 Å². The SMILES string of the molecule is Cc1cccc(NC(=O)C2(C(N)=NO)CCCCC2)c1. The van der Waals surface area contributed by atoms with Crippen LogP contribution in [-0.4, -0.2) is 17.0 Å². The van der Waals surface area contributed by atoms with Gasteiger partial charge in [-0.1, -0.05) is 36.6 Å². The fourth-order valence-corrected chi connectivity index (χ4v) is 2.82. The van der Waals surface area contributed by atoms with Crippen molar-refractivity contribution >= 4 is 17.4 Å². The highest BCUT2D eigenvalue weighted by atomic mass is 16.4. The summed E-state index contributed by atoms with van der Waals surface area (Å²) in [6.07, 6.45) is 4.16. The smallest absolute Gasteiger partial charge is 0.238 e. The van der Waals surface area contributed by atoms with Gasteiger partial charge in [0.15, 0.2) is 5.84 Å². The summed E-state index contributed by atoms with van der Waals surface area (Å²) >= 11 is 0. The predicted octanol–water partition coefficient (Wildman–Crippen LogP) is 2.63. The van der Waals surface area contributed by atoms with Crippen molar-refractivity contribution in [1.29, 1.82) is 0 Å². The maximum Gasteiger partial charge on any atom is 0.238 e. The molecule has 0 bridgehead atoms. The minimum absolute atomic E-state index is 0.0161. The van der Waals surface area contributed by atoms with Crippen LogP contribution in [0.25, 0.3) is 0 Å². The molecule has 1 saturated carbocycles. The number of amidine groups is 1. The summed E-state index contributed by atoms with van der Waals surface area (Å²) in [5, 5.41) is 15.0. The third-order valence-corrected chi connectivity index (χ3v) is 4.02. The molecule has 2 rings (SSSR count). The zero-order chi connectivity index (χ0) is 14.6. The van der Waals surface area contributed by atoms with Crippen molar-refractivity contribution in [3.8, 4) is 0 Å². The molecule has 1 aliphatic carbocycles. The van der Waals surface area contributed by atoms with Gasteiger partial charge in [0, 0.05) is 5.69 Å². The van der Waals surface area contributed by atoms with E-state index in [1.165, 1.54) is 0 Å². The molecule has 0 radical (unpaired) electrons. The fourth-order valence-electron chi connectivity index (χ4n) is 2.82. The lowest BCUT2D eigenvalue weighted by molar-refractivity contribution is -0.123. The van der Waals surface area contributed by atoms with Crippen LogP contribution in [0.2, 0.25) is 0 Å². The van der Waals surface area contributed by atoms with Gasteiger partial charge in [-0.05, 0) is 37.5 Å². The van der Waals surface area contributed by atoms with Crippen LogP contribution in [-0.2, 0) is 4.79 Å². The zero-order valence-corrected chi connectivity index (χ0v) is 11.7. The molecule has 0 aliphatic heterocycles. The molecule has 5 heteroatoms. The van der Waals surface area contributed by atoms with Crippen molar-refractivity contribution < 1.29 is 10.0 Å². The van der Waals surface area contributed by atoms with Crippen LogP contribution in [0.4, 0.5) is 5.69 Å². The summed E-state index contributed by atoms with van der Waals surface area (Å²) in [6, 6.07) is 7.60. The number of benzene rings is 1. The lowest BCUT2D eigenvalue weighted by Crippen LogP contribution is -2.48. The number of nitrogens with zero attached hydrogens (tertiary/aromatic N) is 1. The maximum absolute atomic E-state index is 12.6. The highest BCUT2D eigenvalue weighted by molar-refractivity contribution is 6.11. The Labute approximate surface area is 118 Å². The van der Waals surface area contributed by atoms with Crippen LogP contribution in [0.15, 0.2) is 29.4 Å². The van der Waals surface area contributed by atoms with Crippen molar-refractivity contribution in [2.24, 2.45) is 16.3 Å². The van der Waals surface area contributed by atoms with Crippen molar-refractivity contribution in [3.05, 3.63) is 29.8 Å². The lowest BCUT2D eigenvalue weighted by atomic mass is 9.72. The molecule has 1 aliphatic rings. The summed E-state index contributed by atoms with van der Waals surface area (Å²) in [6.45, 7) is 1.97. The Hall–Kier alpha value is -2.04. The highest BCUT2D eigenvalue weighted by Gasteiger charge is 2.43. The Morgan fingerprint density at radius 1 is 1.35 bits per heavy atom. The van der Waals surface area contributed by atoms with Gasteiger partial charge in [0.1, 0.15) is 5.41 Å². The van der Waals surface area contributed by atoms with Crippen LogP contribution in [0, 0.1) is 12.3 Å². The second kappa shape index (κ2) is 5.94. The second-order valence-electron chi connectivity index (χ2n) is 5.45. The molecule has 0 aromatic heterocycles. The quantitative estimate of drug-likeness (QED) is 0.343. The Balaban J connectivity index is 2.23. The molecule has 5 nitrogen and oxygen atoms in total. The van der Waals surface area contributed by atoms with E-state index in [4.69, 9.17) is 10.9 Å². The maximum atomic E-state index is 12.6. The Morgan fingerprint density at radius 2 is 2.05 bits per heavy atom. The molecular formula is C15H21N3O2. The lowest BCUT2D eigenvalue weighted by Gasteiger charge is -2.34. The molecule has 20 heavy (non-hydrogen) atoms. The molecule has 0 saturated heterocycles. The van der Waals surface area contributed by atoms with E-state index in [1.54, 1.807) is 0 Å². The number of nitrogens with one attached hydrogen (secondary N) is 1. The van der Waals surface area contributed by atoms with Crippen LogP contribution >= 0.6 is 0 Å². The van der Waals surface area contributed by atoms with Crippen LogP contribution < -0.4 is 11.1 Å². The van der Waals surface area contributed by atoms with E-state index in [1.807, 2.05) is 31.2 Å². The number of nitrogens with two attached hydrogens (primary N) is 1. The number of anilines is 1. The van der Waals surface area contributed by atoms with Crippen molar-refractivity contribution in [3.63, 3.8) is 0 Å². The van der Waals surface area contributed by atoms with E-state index >= 15 is 0 Å². The summed E-state index contributed by atoms with van der Waals surface area (Å²) < 4.78 is 0. The standard InChI is InChI=1S/C15H21N3O2/c1-11-6-5-7-12(10-11)17-14(19)15(13(16)18-20)8-3-2-4-9-15/h5-7,10,20H,2-4,8-9H2,1H3,(H2,16,18)(H,17,19). The van der Waals surface area contributed by atoms with Gasteiger partial charge < -0.3 is 16.3 Å². The first-order chi connectivity index (χ1) is 9.58. The summed E-state index contributed by atoms with van der Waals surface area (Å²) in [5.74, 6) is -0.166. The first kappa shape index (κ1) is 14.4. The van der Waals surface area contributed by atoms with Gasteiger partial charge in [-0.2, -0.15) is 0 Å². The number of amides is 1. The van der Waals surface area contributed by atoms with Crippen molar-refractivity contribution in [2.45, 2.75) is 39.0 Å². The molecule has 1 fully saturated rings. The average molecular weight is 275 g/mol. The summed E-state index contributed by atoms with van der Waals surface area (Å²) in [5.41, 5.74) is 6.74. The first-order valence-corrected chi connectivity index (χ1v) is 6.94. The summed E-state index contributed by atoms with van der Waals surface area (Å²) in [4.78, 5) is 12.6. The average Bonchev–Trinajstić information content (AvgIpc) is 2.47. The molecule has 0 atom stereocenters. The Morgan fingerprint density at radius 3 is 2.65 bits per heavy atom. The van der Waals surface area contributed by atoms with Crippen LogP contribution in [0.1, 0.15) is 37.7 Å². The number of aryl methyl sites for hydroxylation is 1. The molecule has 1 amide bonds. The molecule has 4 N–H and O–H groups in total. The van der Waals surface area contributed by atoms with Crippen LogP contribution in [0.3, 0.4) is 0 Å². The van der Waals surface area contributed by atoms with E-state index < -0.39 is 5.41 Å². The van der Waals surface area contributed by atoms with E-state index in [-0.39, 0.29) is 11.7 Å². The van der Waals surface area contributed by atoms with E-state index in [2.05, 4.69) is 10.5 Å². The van der Waals surface area contributed by atoms with Crippen molar-refractivity contribution in [1.82, 2.24) is 0 Å². The Kier molecular flexibility index (Phi) is 4.27. The minimum Gasteiger partial charge on any atom is -0.409 e. The second-order valence-corrected chi connectivity index (χ2v) is 5.45. The highest BCUT2D eigenvalue weighted by Crippen LogP contribution is 2.37. The predicted molar refractivity (Wildman–Crippen MR) is 78.7 cm³/mol. The Bertz CT molecular complexity index is 520. The fraction of sp³-hybridized carbons (Fsp3) is 0.467. The van der Waals surface area contributed by atoms with Gasteiger partial charge in [-0.15, -0.1) is 0 Å². The monoisotopic (exact) mass is 275 g/mol. The van der Waals surface area contributed by atoms with Gasteiger partial charge in [-0.3, -0.25) is 4.79 Å². The van der Waals surface area contributed by atoms with Crippen molar-refractivity contribution in [2.75, 3.05) is 5.32 Å². The first-order valence-electron chi connectivity index (χ1n) is 6.94. The molecule has 1 aromatic carbocycles. The van der Waals surface area contributed by atoms with Gasteiger partial charge >= 0.3 is 0 Å². The number of rotatable bonds is 3. The molecule has 1 aromatic rings.